The highest BCUT2D eigenvalue weighted by molar-refractivity contribution is 5.58. The number of alkyl halides is 3. The molecule has 2 aromatic rings. The number of ether oxygens (including phenoxy) is 1. The number of hydrogen-bond donors (Lipinski definition) is 0. The molecular weight excluding hydrogens is 379 g/mol. The van der Waals surface area contributed by atoms with Crippen LogP contribution in [0.1, 0.15) is 70.4 Å². The highest BCUT2D eigenvalue weighted by Gasteiger charge is 2.36. The van der Waals surface area contributed by atoms with E-state index in [4.69, 9.17) is 4.74 Å². The molecule has 0 N–H and O–H groups in total. The van der Waals surface area contributed by atoms with Gasteiger partial charge in [-0.1, -0.05) is 52.2 Å². The fourth-order valence-electron chi connectivity index (χ4n) is 2.97. The van der Waals surface area contributed by atoms with Crippen LogP contribution in [0.4, 0.5) is 24.8 Å². The fraction of sp³-hybridized carbons (Fsp3) is 0.545. The molecule has 0 spiro atoms. The van der Waals surface area contributed by atoms with Crippen LogP contribution in [0.3, 0.4) is 0 Å². The van der Waals surface area contributed by atoms with Gasteiger partial charge in [-0.25, -0.2) is 4.98 Å². The molecule has 0 radical (unpaired) electrons. The normalized spacial score (nSPS) is 11.7. The third-order valence-electron chi connectivity index (χ3n) is 4.71. The standard InChI is InChI=1S/C22H30F3N3O/c1-5-7-8-9-14-29-20-19(22(23,24)25)15-26-21(27-20)28(6-2)18-12-10-17(11-13-18)16(3)4/h10-13,15-16H,5-9,14H2,1-4H3. The molecule has 0 fully saturated rings. The van der Waals surface area contributed by atoms with Crippen molar-refractivity contribution in [1.29, 1.82) is 0 Å². The molecule has 0 unspecified atom stereocenters. The van der Waals surface area contributed by atoms with Crippen LogP contribution in [0.2, 0.25) is 0 Å². The van der Waals surface area contributed by atoms with E-state index in [1.165, 1.54) is 5.56 Å². The predicted molar refractivity (Wildman–Crippen MR) is 110 cm³/mol. The Labute approximate surface area is 171 Å². The lowest BCUT2D eigenvalue weighted by atomic mass is 10.0. The first-order chi connectivity index (χ1) is 13.8. The Hall–Kier alpha value is -2.31. The van der Waals surface area contributed by atoms with Crippen molar-refractivity contribution in [1.82, 2.24) is 9.97 Å². The van der Waals surface area contributed by atoms with E-state index in [0.29, 0.717) is 18.9 Å². The third-order valence-corrected chi connectivity index (χ3v) is 4.71. The second-order valence-electron chi connectivity index (χ2n) is 7.29. The van der Waals surface area contributed by atoms with Gasteiger partial charge in [-0.3, -0.25) is 0 Å². The Morgan fingerprint density at radius 1 is 1.03 bits per heavy atom. The zero-order chi connectivity index (χ0) is 21.4. The minimum absolute atomic E-state index is 0.196. The van der Waals surface area contributed by atoms with Crippen LogP contribution in [0.25, 0.3) is 0 Å². The molecule has 1 aromatic heterocycles. The highest BCUT2D eigenvalue weighted by atomic mass is 19.4. The van der Waals surface area contributed by atoms with Crippen LogP contribution >= 0.6 is 0 Å². The van der Waals surface area contributed by atoms with Gasteiger partial charge in [0.15, 0.2) is 0 Å². The van der Waals surface area contributed by atoms with E-state index in [1.54, 1.807) is 4.90 Å². The topological polar surface area (TPSA) is 38.2 Å². The summed E-state index contributed by atoms with van der Waals surface area (Å²) in [7, 11) is 0. The molecule has 0 aliphatic carbocycles. The van der Waals surface area contributed by atoms with Gasteiger partial charge in [-0.05, 0) is 37.0 Å². The van der Waals surface area contributed by atoms with Crippen molar-refractivity contribution < 1.29 is 17.9 Å². The number of hydrogen-bond acceptors (Lipinski definition) is 4. The smallest absolute Gasteiger partial charge is 0.423 e. The molecule has 1 heterocycles. The summed E-state index contributed by atoms with van der Waals surface area (Å²) in [6.45, 7) is 8.91. The Kier molecular flexibility index (Phi) is 8.29. The monoisotopic (exact) mass is 409 g/mol. The summed E-state index contributed by atoms with van der Waals surface area (Å²) in [4.78, 5) is 9.89. The van der Waals surface area contributed by atoms with Crippen molar-refractivity contribution in [3.05, 3.63) is 41.6 Å². The van der Waals surface area contributed by atoms with Crippen LogP contribution < -0.4 is 9.64 Å². The molecule has 0 bridgehead atoms. The second kappa shape index (κ2) is 10.5. The zero-order valence-corrected chi connectivity index (χ0v) is 17.6. The zero-order valence-electron chi connectivity index (χ0n) is 17.6. The molecule has 4 nitrogen and oxygen atoms in total. The lowest BCUT2D eigenvalue weighted by Gasteiger charge is -2.23. The van der Waals surface area contributed by atoms with Gasteiger partial charge in [0.05, 0.1) is 6.61 Å². The molecule has 0 amide bonds. The number of halogens is 3. The van der Waals surface area contributed by atoms with Crippen molar-refractivity contribution in [2.24, 2.45) is 0 Å². The molecule has 0 aliphatic heterocycles. The molecule has 1 aromatic carbocycles. The largest absolute Gasteiger partial charge is 0.477 e. The fourth-order valence-corrected chi connectivity index (χ4v) is 2.97. The van der Waals surface area contributed by atoms with E-state index in [2.05, 4.69) is 30.7 Å². The van der Waals surface area contributed by atoms with E-state index in [9.17, 15) is 13.2 Å². The molecule has 29 heavy (non-hydrogen) atoms. The SMILES string of the molecule is CCCCCCOc1nc(N(CC)c2ccc(C(C)C)cc2)ncc1C(F)(F)F. The van der Waals surface area contributed by atoms with Crippen molar-refractivity contribution >= 4 is 11.6 Å². The number of anilines is 2. The average molecular weight is 409 g/mol. The van der Waals surface area contributed by atoms with Gasteiger partial charge in [0.25, 0.3) is 0 Å². The average Bonchev–Trinajstić information content (AvgIpc) is 2.68. The summed E-state index contributed by atoms with van der Waals surface area (Å²) in [6, 6.07) is 7.89. The second-order valence-corrected chi connectivity index (χ2v) is 7.29. The summed E-state index contributed by atoms with van der Waals surface area (Å²) >= 11 is 0. The Morgan fingerprint density at radius 3 is 2.28 bits per heavy atom. The lowest BCUT2D eigenvalue weighted by Crippen LogP contribution is -2.21. The maximum Gasteiger partial charge on any atom is 0.423 e. The molecular formula is C22H30F3N3O. The Bertz CT molecular complexity index is 761. The first-order valence-corrected chi connectivity index (χ1v) is 10.2. The van der Waals surface area contributed by atoms with Crippen molar-refractivity contribution in [2.45, 2.75) is 65.5 Å². The number of nitrogens with zero attached hydrogens (tertiary/aromatic N) is 3. The third kappa shape index (κ3) is 6.34. The molecule has 0 aliphatic rings. The van der Waals surface area contributed by atoms with Gasteiger partial charge >= 0.3 is 6.18 Å². The summed E-state index contributed by atoms with van der Waals surface area (Å²) in [5, 5.41) is 0. The minimum Gasteiger partial charge on any atom is -0.477 e. The number of benzene rings is 1. The Balaban J connectivity index is 2.29. The highest BCUT2D eigenvalue weighted by Crippen LogP contribution is 2.36. The van der Waals surface area contributed by atoms with E-state index in [1.807, 2.05) is 31.2 Å². The van der Waals surface area contributed by atoms with Crippen LogP contribution in [-0.2, 0) is 6.18 Å². The van der Waals surface area contributed by atoms with Crippen LogP contribution in [0, 0.1) is 0 Å². The number of aromatic nitrogens is 2. The molecule has 7 heteroatoms. The van der Waals surface area contributed by atoms with Crippen molar-refractivity contribution in [3.63, 3.8) is 0 Å². The predicted octanol–water partition coefficient (Wildman–Crippen LogP) is 6.74. The van der Waals surface area contributed by atoms with E-state index >= 15 is 0 Å². The van der Waals surface area contributed by atoms with Gasteiger partial charge in [0.2, 0.25) is 11.8 Å². The van der Waals surface area contributed by atoms with Gasteiger partial charge in [0.1, 0.15) is 5.56 Å². The Morgan fingerprint density at radius 2 is 1.72 bits per heavy atom. The van der Waals surface area contributed by atoms with Gasteiger partial charge in [0, 0.05) is 18.4 Å². The van der Waals surface area contributed by atoms with E-state index < -0.39 is 17.6 Å². The minimum atomic E-state index is -4.56. The first-order valence-electron chi connectivity index (χ1n) is 10.2. The van der Waals surface area contributed by atoms with E-state index in [-0.39, 0.29) is 12.6 Å². The molecule has 0 saturated carbocycles. The summed E-state index contributed by atoms with van der Waals surface area (Å²) < 4.78 is 45.5. The van der Waals surface area contributed by atoms with Crippen LogP contribution in [0.5, 0.6) is 5.88 Å². The van der Waals surface area contributed by atoms with Gasteiger partial charge < -0.3 is 9.64 Å². The molecule has 0 saturated heterocycles. The van der Waals surface area contributed by atoms with Crippen molar-refractivity contribution in [2.75, 3.05) is 18.1 Å². The van der Waals surface area contributed by atoms with Gasteiger partial charge in [-0.2, -0.15) is 18.2 Å². The summed E-state index contributed by atoms with van der Waals surface area (Å²) in [5.74, 6) is 0.187. The maximum absolute atomic E-state index is 13.4. The maximum atomic E-state index is 13.4. The first kappa shape index (κ1) is 23.0. The van der Waals surface area contributed by atoms with Crippen LogP contribution in [0.15, 0.2) is 30.5 Å². The number of rotatable bonds is 10. The summed E-state index contributed by atoms with van der Waals surface area (Å²) in [5.41, 5.74) is 1.07. The molecule has 2 rings (SSSR count). The van der Waals surface area contributed by atoms with Gasteiger partial charge in [-0.15, -0.1) is 0 Å². The molecule has 160 valence electrons. The quantitative estimate of drug-likeness (QED) is 0.408. The lowest BCUT2D eigenvalue weighted by molar-refractivity contribution is -0.139. The van der Waals surface area contributed by atoms with Crippen LogP contribution in [-0.4, -0.2) is 23.1 Å². The molecule has 0 atom stereocenters. The van der Waals surface area contributed by atoms with Crippen molar-refractivity contribution in [3.8, 4) is 5.88 Å². The van der Waals surface area contributed by atoms with E-state index in [0.717, 1.165) is 31.1 Å². The summed E-state index contributed by atoms with van der Waals surface area (Å²) in [6.07, 6.45) is -0.0627. The number of unbranched alkanes of at least 4 members (excludes halogenated alkanes) is 3.